The molecule has 0 bridgehead atoms. The van der Waals surface area contributed by atoms with Crippen molar-refractivity contribution in [3.8, 4) is 17.6 Å². The van der Waals surface area contributed by atoms with Gasteiger partial charge < -0.3 is 9.47 Å². The molecule has 0 radical (unpaired) electrons. The summed E-state index contributed by atoms with van der Waals surface area (Å²) in [6, 6.07) is 12.6. The van der Waals surface area contributed by atoms with E-state index >= 15 is 0 Å². The standard InChI is InChI=1S/C23H21N5O7S2/c1-14(2)37(32,33)23-26-22(36-27-23)25-21(29)17(12-24)10-15-8-9-19(20(11-15)34-3)35-13-16-6-4-5-7-18(16)28(30)31/h4-11,14H,13H2,1-3H3,(H,25,26,27,29). The molecule has 14 heteroatoms. The number of sulfone groups is 1. The molecule has 1 amide bonds. The van der Waals surface area contributed by atoms with Gasteiger partial charge in [0.1, 0.15) is 18.2 Å². The lowest BCUT2D eigenvalue weighted by Crippen LogP contribution is -2.16. The lowest BCUT2D eigenvalue weighted by atomic mass is 10.1. The van der Waals surface area contributed by atoms with E-state index < -0.39 is 31.1 Å². The maximum atomic E-state index is 12.6. The van der Waals surface area contributed by atoms with E-state index in [-0.39, 0.29) is 28.7 Å². The van der Waals surface area contributed by atoms with E-state index in [1.807, 2.05) is 0 Å². The average molecular weight is 544 g/mol. The average Bonchev–Trinajstić information content (AvgIpc) is 3.35. The number of para-hydroxylation sites is 1. The van der Waals surface area contributed by atoms with E-state index in [0.717, 1.165) is 0 Å². The monoisotopic (exact) mass is 543 g/mol. The highest BCUT2D eigenvalue weighted by Crippen LogP contribution is 2.31. The number of hydrogen-bond donors (Lipinski definition) is 1. The molecule has 0 spiro atoms. The zero-order valence-electron chi connectivity index (χ0n) is 19.9. The number of methoxy groups -OCH3 is 1. The molecule has 0 aliphatic rings. The first-order valence-electron chi connectivity index (χ1n) is 10.6. The van der Waals surface area contributed by atoms with Crippen molar-refractivity contribution in [2.45, 2.75) is 30.9 Å². The topological polar surface area (TPSA) is 174 Å². The van der Waals surface area contributed by atoms with Crippen LogP contribution in [0.1, 0.15) is 25.0 Å². The smallest absolute Gasteiger partial charge is 0.276 e. The molecule has 1 heterocycles. The molecular weight excluding hydrogens is 522 g/mol. The molecule has 0 aliphatic carbocycles. The number of ether oxygens (including phenoxy) is 2. The first kappa shape index (κ1) is 27.2. The van der Waals surface area contributed by atoms with E-state index in [1.54, 1.807) is 36.4 Å². The van der Waals surface area contributed by atoms with Crippen LogP contribution in [-0.4, -0.2) is 41.0 Å². The molecule has 12 nitrogen and oxygen atoms in total. The maximum absolute atomic E-state index is 12.6. The molecule has 0 saturated carbocycles. The van der Waals surface area contributed by atoms with Gasteiger partial charge in [0.25, 0.3) is 16.8 Å². The second kappa shape index (κ2) is 11.6. The van der Waals surface area contributed by atoms with Crippen molar-refractivity contribution in [1.82, 2.24) is 9.36 Å². The zero-order chi connectivity index (χ0) is 27.2. The first-order chi connectivity index (χ1) is 17.6. The van der Waals surface area contributed by atoms with Crippen LogP contribution in [0.25, 0.3) is 6.08 Å². The van der Waals surface area contributed by atoms with Gasteiger partial charge in [-0.2, -0.15) is 14.6 Å². The third kappa shape index (κ3) is 6.46. The number of nitriles is 1. The molecule has 192 valence electrons. The zero-order valence-corrected chi connectivity index (χ0v) is 21.5. The number of benzene rings is 2. The maximum Gasteiger partial charge on any atom is 0.276 e. The van der Waals surface area contributed by atoms with Crippen LogP contribution in [0.5, 0.6) is 11.5 Å². The minimum absolute atomic E-state index is 0.0679. The SMILES string of the molecule is COc1cc(C=C(C#N)C(=O)Nc2nc(S(=O)(=O)C(C)C)ns2)ccc1OCc1ccccc1[N+](=O)[O-]. The second-order valence-electron chi connectivity index (χ2n) is 7.68. The van der Waals surface area contributed by atoms with Gasteiger partial charge in [-0.15, -0.1) is 0 Å². The van der Waals surface area contributed by atoms with E-state index in [1.165, 1.54) is 39.2 Å². The number of aromatic nitrogens is 2. The third-order valence-corrected chi connectivity index (χ3v) is 7.62. The Bertz CT molecular complexity index is 1510. The van der Waals surface area contributed by atoms with Crippen LogP contribution in [0, 0.1) is 21.4 Å². The minimum atomic E-state index is -3.71. The predicted molar refractivity (Wildman–Crippen MR) is 135 cm³/mol. The number of anilines is 1. The number of hydrogen-bond acceptors (Lipinski definition) is 11. The van der Waals surface area contributed by atoms with Gasteiger partial charge >= 0.3 is 0 Å². The van der Waals surface area contributed by atoms with Crippen LogP contribution in [0.15, 0.2) is 53.2 Å². The van der Waals surface area contributed by atoms with Crippen molar-refractivity contribution in [3.05, 3.63) is 69.3 Å². The van der Waals surface area contributed by atoms with Gasteiger partial charge in [0.05, 0.1) is 22.8 Å². The fourth-order valence-electron chi connectivity index (χ4n) is 2.93. The van der Waals surface area contributed by atoms with E-state index in [9.17, 15) is 28.6 Å². The minimum Gasteiger partial charge on any atom is -0.493 e. The van der Waals surface area contributed by atoms with Crippen LogP contribution < -0.4 is 14.8 Å². The lowest BCUT2D eigenvalue weighted by molar-refractivity contribution is -0.385. The van der Waals surface area contributed by atoms with Crippen molar-refractivity contribution >= 4 is 44.2 Å². The van der Waals surface area contributed by atoms with E-state index in [2.05, 4.69) is 14.7 Å². The normalized spacial score (nSPS) is 11.6. The van der Waals surface area contributed by atoms with E-state index in [0.29, 0.717) is 28.4 Å². The summed E-state index contributed by atoms with van der Waals surface area (Å²) in [6.07, 6.45) is 1.30. The van der Waals surface area contributed by atoms with Crippen LogP contribution in [0.3, 0.4) is 0 Å². The summed E-state index contributed by atoms with van der Waals surface area (Å²) in [4.78, 5) is 27.1. The molecule has 0 aliphatic heterocycles. The van der Waals surface area contributed by atoms with Gasteiger partial charge in [0, 0.05) is 17.6 Å². The Kier molecular flexibility index (Phi) is 8.53. The summed E-state index contributed by atoms with van der Waals surface area (Å²) >= 11 is 0.683. The van der Waals surface area contributed by atoms with Gasteiger partial charge in [0.2, 0.25) is 15.0 Å². The van der Waals surface area contributed by atoms with Gasteiger partial charge in [-0.05, 0) is 43.7 Å². The number of nitrogens with one attached hydrogen (secondary N) is 1. The molecular formula is C23H21N5O7S2. The van der Waals surface area contributed by atoms with Crippen molar-refractivity contribution < 1.29 is 27.6 Å². The molecule has 37 heavy (non-hydrogen) atoms. The molecule has 2 aromatic carbocycles. The fourth-order valence-corrected chi connectivity index (χ4v) is 4.62. The second-order valence-corrected chi connectivity index (χ2v) is 10.8. The number of rotatable bonds is 10. The first-order valence-corrected chi connectivity index (χ1v) is 12.9. The van der Waals surface area contributed by atoms with Crippen LogP contribution in [0.4, 0.5) is 10.8 Å². The summed E-state index contributed by atoms with van der Waals surface area (Å²) in [5.41, 5.74) is 0.457. The number of carbonyl (C=O) groups excluding carboxylic acids is 1. The van der Waals surface area contributed by atoms with Gasteiger partial charge in [-0.1, -0.05) is 18.2 Å². The molecule has 1 N–H and O–H groups in total. The fraction of sp³-hybridized carbons (Fsp3) is 0.217. The number of amides is 1. The molecule has 3 aromatic rings. The Hall–Kier alpha value is -4.35. The van der Waals surface area contributed by atoms with Crippen molar-refractivity contribution in [2.75, 3.05) is 12.4 Å². The molecule has 3 rings (SSSR count). The summed E-state index contributed by atoms with van der Waals surface area (Å²) in [5, 5.41) is 21.9. The summed E-state index contributed by atoms with van der Waals surface area (Å²) in [5.74, 6) is -0.228. The highest BCUT2D eigenvalue weighted by molar-refractivity contribution is 7.91. The van der Waals surface area contributed by atoms with E-state index in [4.69, 9.17) is 9.47 Å². The van der Waals surface area contributed by atoms with Gasteiger partial charge in [-0.25, -0.2) is 8.42 Å². The highest BCUT2D eigenvalue weighted by atomic mass is 32.2. The highest BCUT2D eigenvalue weighted by Gasteiger charge is 2.25. The third-order valence-electron chi connectivity index (χ3n) is 4.94. The van der Waals surface area contributed by atoms with Crippen LogP contribution in [-0.2, 0) is 21.2 Å². The quantitative estimate of drug-likeness (QED) is 0.171. The number of nitro groups is 1. The predicted octanol–water partition coefficient (Wildman–Crippen LogP) is 3.76. The number of carbonyl (C=O) groups is 1. The van der Waals surface area contributed by atoms with Gasteiger partial charge in [-0.3, -0.25) is 20.2 Å². The Morgan fingerprint density at radius 2 is 2.00 bits per heavy atom. The molecule has 0 unspecified atom stereocenters. The van der Waals surface area contributed by atoms with Crippen molar-refractivity contribution in [3.63, 3.8) is 0 Å². The number of nitro benzene ring substituents is 1. The molecule has 0 atom stereocenters. The summed E-state index contributed by atoms with van der Waals surface area (Å²) < 4.78 is 39.2. The Balaban J connectivity index is 1.77. The molecule has 0 fully saturated rings. The summed E-state index contributed by atoms with van der Waals surface area (Å²) in [7, 11) is -2.31. The Morgan fingerprint density at radius 1 is 1.27 bits per heavy atom. The lowest BCUT2D eigenvalue weighted by Gasteiger charge is -2.12. The van der Waals surface area contributed by atoms with Crippen molar-refractivity contribution in [2.24, 2.45) is 0 Å². The van der Waals surface area contributed by atoms with Crippen LogP contribution >= 0.6 is 11.5 Å². The van der Waals surface area contributed by atoms with Gasteiger partial charge in [0.15, 0.2) is 11.5 Å². The van der Waals surface area contributed by atoms with Crippen LogP contribution in [0.2, 0.25) is 0 Å². The van der Waals surface area contributed by atoms with Crippen molar-refractivity contribution in [1.29, 1.82) is 5.26 Å². The molecule has 0 saturated heterocycles. The summed E-state index contributed by atoms with van der Waals surface area (Å²) in [6.45, 7) is 2.90. The Labute approximate surface area is 216 Å². The molecule has 1 aromatic heterocycles. The largest absolute Gasteiger partial charge is 0.493 e. The number of nitrogens with zero attached hydrogens (tertiary/aromatic N) is 4. The Morgan fingerprint density at radius 3 is 2.65 bits per heavy atom.